The van der Waals surface area contributed by atoms with Crippen LogP contribution in [-0.4, -0.2) is 42.9 Å². The lowest BCUT2D eigenvalue weighted by atomic mass is 10.2. The predicted octanol–water partition coefficient (Wildman–Crippen LogP) is 2.03. The van der Waals surface area contributed by atoms with Crippen LogP contribution in [0.5, 0.6) is 0 Å². The van der Waals surface area contributed by atoms with Crippen LogP contribution in [-0.2, 0) is 25.1 Å². The minimum Gasteiger partial charge on any atom is -0.479 e. The summed E-state index contributed by atoms with van der Waals surface area (Å²) in [5.74, 6) is -2.07. The monoisotopic (exact) mass is 337 g/mol. The zero-order chi connectivity index (χ0) is 16.9. The third-order valence-electron chi connectivity index (χ3n) is 3.24. The number of carbonyl (C=O) groups is 1. The summed E-state index contributed by atoms with van der Waals surface area (Å²) < 4.78 is 29.6. The van der Waals surface area contributed by atoms with Gasteiger partial charge in [-0.25, -0.2) is 13.2 Å². The molecule has 0 aliphatic rings. The average molecular weight is 337 g/mol. The smallest absolute Gasteiger partial charge is 0.333 e. The van der Waals surface area contributed by atoms with Gasteiger partial charge in [0.25, 0.3) is 0 Å². The number of hydrogen-bond donors (Lipinski definition) is 1. The summed E-state index contributed by atoms with van der Waals surface area (Å²) in [4.78, 5) is 15.3. The summed E-state index contributed by atoms with van der Waals surface area (Å²) in [7, 11) is -3.62. The number of nitrogens with zero attached hydrogens (tertiary/aromatic N) is 1. The zero-order valence-corrected chi connectivity index (χ0v) is 13.6. The molecule has 0 spiro atoms. The Balaban J connectivity index is 2.13. The number of carboxylic acid groups (broad SMARTS) is 1. The molecule has 0 saturated heterocycles. The lowest BCUT2D eigenvalue weighted by Gasteiger charge is -2.13. The molecule has 7 heteroatoms. The van der Waals surface area contributed by atoms with Gasteiger partial charge < -0.3 is 9.84 Å². The van der Waals surface area contributed by atoms with Crippen LogP contribution >= 0.6 is 0 Å². The minimum absolute atomic E-state index is 0.212. The standard InChI is InChI=1S/C16H19NO5S/c1-2-7-22-15(16(18)19)11-23(20,21)10-12-8-13-5-3-4-6-14(13)17-9-12/h3-6,8-9,15H,2,7,10-11H2,1H3,(H,18,19)/t15-/m0/s1. The molecule has 0 amide bonds. The molecule has 0 unspecified atom stereocenters. The fourth-order valence-corrected chi connectivity index (χ4v) is 3.67. The highest BCUT2D eigenvalue weighted by Gasteiger charge is 2.26. The second kappa shape index (κ2) is 7.52. The van der Waals surface area contributed by atoms with E-state index in [0.29, 0.717) is 12.0 Å². The van der Waals surface area contributed by atoms with Crippen molar-refractivity contribution in [2.24, 2.45) is 0 Å². The topological polar surface area (TPSA) is 93.6 Å². The van der Waals surface area contributed by atoms with Crippen LogP contribution in [0.15, 0.2) is 36.5 Å². The number of rotatable bonds is 8. The number of aromatic nitrogens is 1. The van der Waals surface area contributed by atoms with Crippen molar-refractivity contribution in [2.75, 3.05) is 12.4 Å². The van der Waals surface area contributed by atoms with Crippen molar-refractivity contribution in [2.45, 2.75) is 25.2 Å². The number of benzene rings is 1. The van der Waals surface area contributed by atoms with E-state index in [1.807, 2.05) is 31.2 Å². The van der Waals surface area contributed by atoms with E-state index in [0.717, 1.165) is 10.9 Å². The third kappa shape index (κ3) is 5.01. The highest BCUT2D eigenvalue weighted by Crippen LogP contribution is 2.15. The maximum Gasteiger partial charge on any atom is 0.333 e. The van der Waals surface area contributed by atoms with Crippen molar-refractivity contribution < 1.29 is 23.1 Å². The van der Waals surface area contributed by atoms with Gasteiger partial charge in [0.1, 0.15) is 0 Å². The number of ether oxygens (including phenoxy) is 1. The quantitative estimate of drug-likeness (QED) is 0.792. The summed E-state index contributed by atoms with van der Waals surface area (Å²) in [6, 6.07) is 9.15. The molecule has 6 nitrogen and oxygen atoms in total. The van der Waals surface area contributed by atoms with Gasteiger partial charge in [0.05, 0.1) is 17.0 Å². The van der Waals surface area contributed by atoms with Crippen LogP contribution in [0.25, 0.3) is 10.9 Å². The molecule has 0 saturated carbocycles. The summed E-state index contributed by atoms with van der Waals surface area (Å²) in [5, 5.41) is 9.91. The predicted molar refractivity (Wildman–Crippen MR) is 86.9 cm³/mol. The number of fused-ring (bicyclic) bond motifs is 1. The van der Waals surface area contributed by atoms with E-state index >= 15 is 0 Å². The first kappa shape index (κ1) is 17.4. The van der Waals surface area contributed by atoms with Crippen molar-refractivity contribution >= 4 is 26.7 Å². The third-order valence-corrected chi connectivity index (χ3v) is 4.82. The molecule has 0 fully saturated rings. The van der Waals surface area contributed by atoms with Gasteiger partial charge >= 0.3 is 5.97 Å². The summed E-state index contributed by atoms with van der Waals surface area (Å²) in [5.41, 5.74) is 1.31. The molecule has 1 atom stereocenters. The van der Waals surface area contributed by atoms with Gasteiger partial charge in [-0.2, -0.15) is 0 Å². The first-order valence-corrected chi connectivity index (χ1v) is 9.12. The van der Waals surface area contributed by atoms with Crippen LogP contribution in [0.1, 0.15) is 18.9 Å². The second-order valence-electron chi connectivity index (χ2n) is 5.29. The van der Waals surface area contributed by atoms with Crippen molar-refractivity contribution in [1.29, 1.82) is 0 Å². The Morgan fingerprint density at radius 3 is 2.78 bits per heavy atom. The Morgan fingerprint density at radius 1 is 1.35 bits per heavy atom. The molecule has 0 aliphatic carbocycles. The molecule has 0 bridgehead atoms. The summed E-state index contributed by atoms with van der Waals surface area (Å²) >= 11 is 0. The number of pyridine rings is 1. The van der Waals surface area contributed by atoms with Gasteiger partial charge in [-0.05, 0) is 24.1 Å². The van der Waals surface area contributed by atoms with Crippen molar-refractivity contribution in [3.05, 3.63) is 42.1 Å². The Kier molecular flexibility index (Phi) is 5.68. The number of carboxylic acids is 1. The van der Waals surface area contributed by atoms with Crippen LogP contribution in [0.2, 0.25) is 0 Å². The highest BCUT2D eigenvalue weighted by atomic mass is 32.2. The molecule has 1 N–H and O–H groups in total. The SMILES string of the molecule is CCCO[C@@H](CS(=O)(=O)Cc1cnc2ccccc2c1)C(=O)O. The van der Waals surface area contributed by atoms with E-state index in [9.17, 15) is 13.2 Å². The molecule has 23 heavy (non-hydrogen) atoms. The lowest BCUT2D eigenvalue weighted by molar-refractivity contribution is -0.148. The lowest BCUT2D eigenvalue weighted by Crippen LogP contribution is -2.32. The van der Waals surface area contributed by atoms with Crippen molar-refractivity contribution in [3.63, 3.8) is 0 Å². The summed E-state index contributed by atoms with van der Waals surface area (Å²) in [6.45, 7) is 2.04. The van der Waals surface area contributed by atoms with E-state index in [2.05, 4.69) is 4.98 Å². The molecule has 1 aromatic heterocycles. The van der Waals surface area contributed by atoms with Gasteiger partial charge in [-0.3, -0.25) is 4.98 Å². The van der Waals surface area contributed by atoms with Gasteiger partial charge in [-0.15, -0.1) is 0 Å². The van der Waals surface area contributed by atoms with Gasteiger partial charge in [-0.1, -0.05) is 25.1 Å². The largest absolute Gasteiger partial charge is 0.479 e. The van der Waals surface area contributed by atoms with Crippen LogP contribution in [0.4, 0.5) is 0 Å². The van der Waals surface area contributed by atoms with E-state index in [1.54, 1.807) is 6.07 Å². The number of aliphatic carboxylic acids is 1. The Morgan fingerprint density at radius 2 is 2.09 bits per heavy atom. The van der Waals surface area contributed by atoms with Crippen LogP contribution in [0.3, 0.4) is 0 Å². The van der Waals surface area contributed by atoms with Crippen molar-refractivity contribution in [3.8, 4) is 0 Å². The Hall–Kier alpha value is -1.99. The highest BCUT2D eigenvalue weighted by molar-refractivity contribution is 7.90. The molecular weight excluding hydrogens is 318 g/mol. The van der Waals surface area contributed by atoms with Gasteiger partial charge in [0.2, 0.25) is 0 Å². The molecule has 1 aromatic carbocycles. The number of hydrogen-bond acceptors (Lipinski definition) is 5. The van der Waals surface area contributed by atoms with Crippen LogP contribution in [0, 0.1) is 0 Å². The van der Waals surface area contributed by atoms with Crippen LogP contribution < -0.4 is 0 Å². The first-order valence-electron chi connectivity index (χ1n) is 7.30. The summed E-state index contributed by atoms with van der Waals surface area (Å²) in [6.07, 6.45) is 0.786. The maximum atomic E-state index is 12.2. The number of sulfone groups is 1. The van der Waals surface area contributed by atoms with E-state index in [-0.39, 0.29) is 12.4 Å². The molecule has 1 heterocycles. The molecule has 0 aliphatic heterocycles. The molecule has 124 valence electrons. The second-order valence-corrected chi connectivity index (χ2v) is 7.40. The average Bonchev–Trinajstić information content (AvgIpc) is 2.50. The molecular formula is C16H19NO5S. The minimum atomic E-state index is -3.62. The van der Waals surface area contributed by atoms with Gasteiger partial charge in [0, 0.05) is 18.2 Å². The maximum absolute atomic E-state index is 12.2. The molecule has 2 aromatic rings. The van der Waals surface area contributed by atoms with E-state index < -0.39 is 27.7 Å². The fourth-order valence-electron chi connectivity index (χ4n) is 2.19. The van der Waals surface area contributed by atoms with E-state index in [4.69, 9.17) is 9.84 Å². The Labute approximate surface area is 135 Å². The molecule has 2 rings (SSSR count). The van der Waals surface area contributed by atoms with E-state index in [1.165, 1.54) is 6.20 Å². The zero-order valence-electron chi connectivity index (χ0n) is 12.8. The normalized spacial score (nSPS) is 13.1. The van der Waals surface area contributed by atoms with Crippen molar-refractivity contribution in [1.82, 2.24) is 4.98 Å². The first-order chi connectivity index (χ1) is 10.9. The fraction of sp³-hybridized carbons (Fsp3) is 0.375. The van der Waals surface area contributed by atoms with Gasteiger partial charge in [0.15, 0.2) is 15.9 Å². The Bertz CT molecular complexity index is 788. The molecule has 0 radical (unpaired) electrons. The number of para-hydroxylation sites is 1.